The van der Waals surface area contributed by atoms with Gasteiger partial charge in [0.1, 0.15) is 6.10 Å². The largest absolute Gasteiger partial charge is 0.380 e. The third-order valence-corrected chi connectivity index (χ3v) is 2.20. The smallest absolute Gasteiger partial charge is 0.165 e. The molecule has 13 heavy (non-hydrogen) atoms. The van der Waals surface area contributed by atoms with E-state index in [9.17, 15) is 9.90 Å². The molecule has 0 saturated heterocycles. The Morgan fingerprint density at radius 3 is 2.69 bits per heavy atom. The number of carbonyl (C=O) groups excluding carboxylic acids is 1. The lowest BCUT2D eigenvalue weighted by Gasteiger charge is -2.09. The maximum Gasteiger partial charge on any atom is 0.165 e. The van der Waals surface area contributed by atoms with Gasteiger partial charge in [-0.25, -0.2) is 0 Å². The SMILES string of the molecule is CCC(=O)[C@H](O)c1ccccc1Cl. The van der Waals surface area contributed by atoms with Gasteiger partial charge in [-0.2, -0.15) is 0 Å². The van der Waals surface area contributed by atoms with E-state index in [4.69, 9.17) is 11.6 Å². The number of hydrogen-bond acceptors (Lipinski definition) is 2. The van der Waals surface area contributed by atoms with Crippen LogP contribution in [-0.4, -0.2) is 10.9 Å². The Labute approximate surface area is 82.2 Å². The molecule has 0 aliphatic rings. The van der Waals surface area contributed by atoms with Crippen molar-refractivity contribution in [2.45, 2.75) is 19.4 Å². The van der Waals surface area contributed by atoms with Crippen molar-refractivity contribution in [2.24, 2.45) is 0 Å². The number of Topliss-reactive ketones (excluding diaryl/α,β-unsaturated/α-hetero) is 1. The highest BCUT2D eigenvalue weighted by Crippen LogP contribution is 2.23. The molecule has 1 rings (SSSR count). The topological polar surface area (TPSA) is 37.3 Å². The molecule has 0 aliphatic carbocycles. The minimum Gasteiger partial charge on any atom is -0.380 e. The second-order valence-electron chi connectivity index (χ2n) is 2.74. The van der Waals surface area contributed by atoms with Crippen LogP contribution in [0.3, 0.4) is 0 Å². The lowest BCUT2D eigenvalue weighted by Crippen LogP contribution is -2.10. The Bertz CT molecular complexity index is 310. The van der Waals surface area contributed by atoms with Crippen molar-refractivity contribution >= 4 is 17.4 Å². The Morgan fingerprint density at radius 2 is 2.15 bits per heavy atom. The summed E-state index contributed by atoms with van der Waals surface area (Å²) in [6, 6.07) is 6.81. The van der Waals surface area contributed by atoms with Crippen molar-refractivity contribution in [2.75, 3.05) is 0 Å². The number of carbonyl (C=O) groups is 1. The molecule has 70 valence electrons. The van der Waals surface area contributed by atoms with Gasteiger partial charge in [0.05, 0.1) is 0 Å². The maximum atomic E-state index is 11.2. The summed E-state index contributed by atoms with van der Waals surface area (Å²) in [6.07, 6.45) is -0.773. The van der Waals surface area contributed by atoms with Gasteiger partial charge in [0.15, 0.2) is 5.78 Å². The van der Waals surface area contributed by atoms with E-state index in [1.807, 2.05) is 0 Å². The summed E-state index contributed by atoms with van der Waals surface area (Å²) < 4.78 is 0. The third-order valence-electron chi connectivity index (χ3n) is 1.85. The van der Waals surface area contributed by atoms with E-state index in [2.05, 4.69) is 0 Å². The second-order valence-corrected chi connectivity index (χ2v) is 3.15. The van der Waals surface area contributed by atoms with E-state index < -0.39 is 6.10 Å². The fourth-order valence-electron chi connectivity index (χ4n) is 1.06. The van der Waals surface area contributed by atoms with Crippen LogP contribution < -0.4 is 0 Å². The molecule has 1 aromatic rings. The van der Waals surface area contributed by atoms with Crippen LogP contribution in [0.1, 0.15) is 25.0 Å². The lowest BCUT2D eigenvalue weighted by molar-refractivity contribution is -0.127. The Balaban J connectivity index is 2.95. The predicted molar refractivity (Wildman–Crippen MR) is 51.7 cm³/mol. The minimum atomic E-state index is -1.08. The first-order valence-corrected chi connectivity index (χ1v) is 4.49. The molecule has 0 amide bonds. The fraction of sp³-hybridized carbons (Fsp3) is 0.300. The van der Waals surface area contributed by atoms with Crippen molar-refractivity contribution in [3.05, 3.63) is 34.9 Å². The first-order valence-electron chi connectivity index (χ1n) is 4.12. The highest BCUT2D eigenvalue weighted by molar-refractivity contribution is 6.31. The summed E-state index contributed by atoms with van der Waals surface area (Å²) in [5.74, 6) is -0.215. The van der Waals surface area contributed by atoms with Gasteiger partial charge in [-0.05, 0) is 6.07 Å². The lowest BCUT2D eigenvalue weighted by atomic mass is 10.0. The van der Waals surface area contributed by atoms with E-state index >= 15 is 0 Å². The van der Waals surface area contributed by atoms with Crippen LogP contribution in [0.4, 0.5) is 0 Å². The van der Waals surface area contributed by atoms with Crippen molar-refractivity contribution < 1.29 is 9.90 Å². The normalized spacial score (nSPS) is 12.5. The number of aliphatic hydroxyl groups is 1. The van der Waals surface area contributed by atoms with Gasteiger partial charge in [0.2, 0.25) is 0 Å². The highest BCUT2D eigenvalue weighted by Gasteiger charge is 2.17. The zero-order chi connectivity index (χ0) is 9.84. The first kappa shape index (κ1) is 10.2. The first-order chi connectivity index (χ1) is 6.16. The van der Waals surface area contributed by atoms with Crippen molar-refractivity contribution in [1.82, 2.24) is 0 Å². The molecule has 1 aromatic carbocycles. The zero-order valence-corrected chi connectivity index (χ0v) is 8.08. The van der Waals surface area contributed by atoms with Crippen molar-refractivity contribution in [3.8, 4) is 0 Å². The van der Waals surface area contributed by atoms with Gasteiger partial charge < -0.3 is 5.11 Å². The predicted octanol–water partition coefficient (Wildman–Crippen LogP) is 2.35. The summed E-state index contributed by atoms with van der Waals surface area (Å²) in [6.45, 7) is 1.71. The molecule has 0 saturated carbocycles. The van der Waals surface area contributed by atoms with Gasteiger partial charge in [-0.15, -0.1) is 0 Å². The standard InChI is InChI=1S/C10H11ClO2/c1-2-9(12)10(13)7-5-3-4-6-8(7)11/h3-6,10,13H,2H2,1H3/t10-/m1/s1. The molecule has 0 bridgehead atoms. The van der Waals surface area contributed by atoms with Crippen molar-refractivity contribution in [1.29, 1.82) is 0 Å². The van der Waals surface area contributed by atoms with Gasteiger partial charge in [-0.1, -0.05) is 36.7 Å². The van der Waals surface area contributed by atoms with Crippen LogP contribution in [0.25, 0.3) is 0 Å². The number of aliphatic hydroxyl groups excluding tert-OH is 1. The van der Waals surface area contributed by atoms with Crippen LogP contribution >= 0.6 is 11.6 Å². The van der Waals surface area contributed by atoms with Crippen molar-refractivity contribution in [3.63, 3.8) is 0 Å². The van der Waals surface area contributed by atoms with Gasteiger partial charge in [-0.3, -0.25) is 4.79 Å². The second kappa shape index (κ2) is 4.40. The Kier molecular flexibility index (Phi) is 3.46. The van der Waals surface area contributed by atoms with Gasteiger partial charge in [0, 0.05) is 17.0 Å². The molecule has 1 atom stereocenters. The molecule has 3 heteroatoms. The van der Waals surface area contributed by atoms with E-state index in [-0.39, 0.29) is 5.78 Å². The number of halogens is 1. The molecule has 0 radical (unpaired) electrons. The number of benzene rings is 1. The van der Waals surface area contributed by atoms with Crippen LogP contribution in [0.2, 0.25) is 5.02 Å². The summed E-state index contributed by atoms with van der Waals surface area (Å²) in [4.78, 5) is 11.2. The summed E-state index contributed by atoms with van der Waals surface area (Å²) in [5.41, 5.74) is 0.482. The molecule has 0 heterocycles. The highest BCUT2D eigenvalue weighted by atomic mass is 35.5. The molecule has 0 aromatic heterocycles. The van der Waals surface area contributed by atoms with Crippen LogP contribution in [0, 0.1) is 0 Å². The number of rotatable bonds is 3. The quantitative estimate of drug-likeness (QED) is 0.810. The third kappa shape index (κ3) is 2.29. The molecular formula is C10H11ClO2. The van der Waals surface area contributed by atoms with E-state index in [1.165, 1.54) is 0 Å². The van der Waals surface area contributed by atoms with Crippen LogP contribution in [-0.2, 0) is 4.79 Å². The number of ketones is 1. The number of hydrogen-bond donors (Lipinski definition) is 1. The minimum absolute atomic E-state index is 0.215. The Hall–Kier alpha value is -0.860. The average molecular weight is 199 g/mol. The van der Waals surface area contributed by atoms with E-state index in [0.29, 0.717) is 17.0 Å². The Morgan fingerprint density at radius 1 is 1.54 bits per heavy atom. The zero-order valence-electron chi connectivity index (χ0n) is 7.33. The van der Waals surface area contributed by atoms with Crippen LogP contribution in [0.15, 0.2) is 24.3 Å². The molecule has 1 N–H and O–H groups in total. The monoisotopic (exact) mass is 198 g/mol. The molecule has 0 aliphatic heterocycles. The summed E-state index contributed by atoms with van der Waals surface area (Å²) in [5, 5.41) is 9.96. The summed E-state index contributed by atoms with van der Waals surface area (Å²) >= 11 is 5.81. The summed E-state index contributed by atoms with van der Waals surface area (Å²) in [7, 11) is 0. The van der Waals surface area contributed by atoms with E-state index in [1.54, 1.807) is 31.2 Å². The average Bonchev–Trinajstić information content (AvgIpc) is 2.16. The van der Waals surface area contributed by atoms with Crippen LogP contribution in [0.5, 0.6) is 0 Å². The molecule has 0 fully saturated rings. The van der Waals surface area contributed by atoms with Gasteiger partial charge >= 0.3 is 0 Å². The molecular weight excluding hydrogens is 188 g/mol. The fourth-order valence-corrected chi connectivity index (χ4v) is 1.30. The molecule has 2 nitrogen and oxygen atoms in total. The van der Waals surface area contributed by atoms with Gasteiger partial charge in [0.25, 0.3) is 0 Å². The molecule has 0 spiro atoms. The maximum absolute atomic E-state index is 11.2. The molecule has 0 unspecified atom stereocenters. The van der Waals surface area contributed by atoms with E-state index in [0.717, 1.165) is 0 Å².